The Morgan fingerprint density at radius 1 is 1.44 bits per heavy atom. The normalized spacial score (nSPS) is 21.0. The number of hydrogen-bond donors (Lipinski definition) is 1. The zero-order valence-electron chi connectivity index (χ0n) is 4.58. The molecule has 0 aromatic carbocycles. The number of Topliss-reactive ketones (excluding diaryl/α,β-unsaturated/α-hetero) is 1. The van der Waals surface area contributed by atoms with Crippen LogP contribution in [-0.2, 0) is 19.4 Å². The maximum Gasteiger partial charge on any atom is 0.385 e. The molecule has 1 heterocycles. The van der Waals surface area contributed by atoms with Crippen molar-refractivity contribution < 1.29 is 24.5 Å². The summed E-state index contributed by atoms with van der Waals surface area (Å²) in [5.41, 5.74) is 0. The van der Waals surface area contributed by atoms with Gasteiger partial charge in [-0.2, -0.15) is 9.78 Å². The Morgan fingerprint density at radius 3 is 1.89 bits per heavy atom. The summed E-state index contributed by atoms with van der Waals surface area (Å²) in [4.78, 5) is 28.3. The lowest BCUT2D eigenvalue weighted by molar-refractivity contribution is -0.148. The molecular weight excluding hydrogens is 128 g/mol. The lowest BCUT2D eigenvalue weighted by Gasteiger charge is -1.91. The van der Waals surface area contributed by atoms with Gasteiger partial charge in [-0.05, 0) is 0 Å². The largest absolute Gasteiger partial charge is 0.477 e. The van der Waals surface area contributed by atoms with E-state index in [1.54, 1.807) is 0 Å². The van der Waals surface area contributed by atoms with Gasteiger partial charge in [-0.25, -0.2) is 4.79 Å². The molecule has 1 rings (SSSR count). The Balaban J connectivity index is 2.75. The summed E-state index contributed by atoms with van der Waals surface area (Å²) in [6.45, 7) is 1.08. The zero-order chi connectivity index (χ0) is 7.07. The molecule has 1 saturated heterocycles. The van der Waals surface area contributed by atoms with E-state index in [1.807, 2.05) is 0 Å². The first-order valence-electron chi connectivity index (χ1n) is 2.21. The maximum absolute atomic E-state index is 10.3. The van der Waals surface area contributed by atoms with E-state index in [4.69, 9.17) is 5.11 Å². The number of carboxylic acids is 1. The second-order valence-electron chi connectivity index (χ2n) is 1.64. The fourth-order valence-electron chi connectivity index (χ4n) is 0.381. The van der Waals surface area contributed by atoms with Crippen molar-refractivity contribution in [3.8, 4) is 0 Å². The first kappa shape index (κ1) is 6.18. The van der Waals surface area contributed by atoms with Crippen LogP contribution in [0.4, 0.5) is 0 Å². The Bertz CT molecular complexity index is 152. The molecule has 0 aliphatic carbocycles. The van der Waals surface area contributed by atoms with Gasteiger partial charge in [-0.1, -0.05) is 0 Å². The minimum Gasteiger partial charge on any atom is -0.477 e. The molecule has 0 atom stereocenters. The Hall–Kier alpha value is -0.940. The van der Waals surface area contributed by atoms with Crippen molar-refractivity contribution in [3.05, 3.63) is 0 Å². The van der Waals surface area contributed by atoms with E-state index < -0.39 is 17.5 Å². The fraction of sp³-hybridized carbons (Fsp3) is 0.500. The van der Waals surface area contributed by atoms with Crippen LogP contribution in [0.25, 0.3) is 0 Å². The molecule has 50 valence electrons. The van der Waals surface area contributed by atoms with Crippen LogP contribution in [0.15, 0.2) is 0 Å². The van der Waals surface area contributed by atoms with Crippen LogP contribution < -0.4 is 0 Å². The minimum absolute atomic E-state index is 0.657. The first-order chi connectivity index (χ1) is 4.09. The van der Waals surface area contributed by atoms with Gasteiger partial charge in [0, 0.05) is 6.92 Å². The highest BCUT2D eigenvalue weighted by atomic mass is 17.4. The molecule has 0 unspecified atom stereocenters. The van der Waals surface area contributed by atoms with Gasteiger partial charge in [-0.15, -0.1) is 0 Å². The van der Waals surface area contributed by atoms with Crippen LogP contribution in [0.3, 0.4) is 0 Å². The van der Waals surface area contributed by atoms with Crippen molar-refractivity contribution >= 4 is 11.8 Å². The Morgan fingerprint density at radius 2 is 1.89 bits per heavy atom. The molecule has 5 heteroatoms. The van der Waals surface area contributed by atoms with Gasteiger partial charge in [-0.3, -0.25) is 4.79 Å². The molecule has 0 radical (unpaired) electrons. The average molecular weight is 132 g/mol. The van der Waals surface area contributed by atoms with E-state index in [9.17, 15) is 9.59 Å². The third kappa shape index (κ3) is 0.701. The van der Waals surface area contributed by atoms with Gasteiger partial charge in [0.05, 0.1) is 0 Å². The van der Waals surface area contributed by atoms with Crippen LogP contribution >= 0.6 is 0 Å². The smallest absolute Gasteiger partial charge is 0.385 e. The van der Waals surface area contributed by atoms with Gasteiger partial charge >= 0.3 is 11.8 Å². The lowest BCUT2D eigenvalue weighted by Crippen LogP contribution is -2.31. The standard InChI is InChI=1S/C4H4O5/c1-2(5)4(3(6)7)8-9-4/h1H3,(H,6,7). The molecule has 1 aliphatic rings. The highest BCUT2D eigenvalue weighted by Crippen LogP contribution is 2.30. The third-order valence-corrected chi connectivity index (χ3v) is 0.995. The molecule has 0 bridgehead atoms. The summed E-state index contributed by atoms with van der Waals surface area (Å²) < 4.78 is 0. The number of carboxylic acid groups (broad SMARTS) is 1. The second kappa shape index (κ2) is 1.52. The van der Waals surface area contributed by atoms with Crippen molar-refractivity contribution in [1.29, 1.82) is 0 Å². The summed E-state index contributed by atoms with van der Waals surface area (Å²) >= 11 is 0. The van der Waals surface area contributed by atoms with Crippen molar-refractivity contribution in [2.24, 2.45) is 0 Å². The van der Waals surface area contributed by atoms with Crippen LogP contribution in [0, 0.1) is 0 Å². The van der Waals surface area contributed by atoms with Gasteiger partial charge in [0.1, 0.15) is 0 Å². The van der Waals surface area contributed by atoms with Gasteiger partial charge in [0.25, 0.3) is 0 Å². The predicted molar refractivity (Wildman–Crippen MR) is 23.2 cm³/mol. The average Bonchev–Trinajstić information content (AvgIpc) is 2.40. The van der Waals surface area contributed by atoms with Gasteiger partial charge < -0.3 is 5.11 Å². The third-order valence-electron chi connectivity index (χ3n) is 0.995. The summed E-state index contributed by atoms with van der Waals surface area (Å²) in [5, 5.41) is 8.20. The maximum atomic E-state index is 10.3. The molecule has 1 aliphatic heterocycles. The summed E-state index contributed by atoms with van der Waals surface area (Å²) in [6.07, 6.45) is 0. The molecule has 0 saturated carbocycles. The molecule has 0 aromatic heterocycles. The number of aliphatic carboxylic acids is 1. The first-order valence-corrected chi connectivity index (χ1v) is 2.21. The number of ketones is 1. The van der Waals surface area contributed by atoms with E-state index in [2.05, 4.69) is 9.78 Å². The Labute approximate surface area is 50.1 Å². The number of rotatable bonds is 2. The number of carbonyl (C=O) groups is 2. The van der Waals surface area contributed by atoms with Gasteiger partial charge in [0.2, 0.25) is 5.78 Å². The van der Waals surface area contributed by atoms with Crippen LogP contribution in [-0.4, -0.2) is 22.6 Å². The molecule has 9 heavy (non-hydrogen) atoms. The van der Waals surface area contributed by atoms with Crippen LogP contribution in [0.2, 0.25) is 0 Å². The fourth-order valence-corrected chi connectivity index (χ4v) is 0.381. The van der Waals surface area contributed by atoms with E-state index in [0.29, 0.717) is 0 Å². The summed E-state index contributed by atoms with van der Waals surface area (Å²) in [5.74, 6) is -4.04. The number of hydrogen-bond acceptors (Lipinski definition) is 4. The SMILES string of the molecule is CC(=O)C1(C(=O)O)OO1. The molecule has 5 nitrogen and oxygen atoms in total. The van der Waals surface area contributed by atoms with Crippen molar-refractivity contribution in [2.75, 3.05) is 0 Å². The van der Waals surface area contributed by atoms with E-state index in [1.165, 1.54) is 0 Å². The monoisotopic (exact) mass is 132 g/mol. The highest BCUT2D eigenvalue weighted by molar-refractivity contribution is 6.04. The molecule has 0 spiro atoms. The van der Waals surface area contributed by atoms with Crippen LogP contribution in [0.1, 0.15) is 6.92 Å². The molecule has 1 N–H and O–H groups in total. The van der Waals surface area contributed by atoms with Gasteiger partial charge in [0.15, 0.2) is 0 Å². The minimum atomic E-state index is -1.97. The highest BCUT2D eigenvalue weighted by Gasteiger charge is 2.62. The van der Waals surface area contributed by atoms with E-state index >= 15 is 0 Å². The van der Waals surface area contributed by atoms with Crippen molar-refractivity contribution in [3.63, 3.8) is 0 Å². The Kier molecular flexibility index (Phi) is 1.04. The predicted octanol–water partition coefficient (Wildman–Crippen LogP) is -0.682. The molecular formula is C4H4O5. The quantitative estimate of drug-likeness (QED) is 0.306. The second-order valence-corrected chi connectivity index (χ2v) is 1.64. The zero-order valence-corrected chi connectivity index (χ0v) is 4.58. The van der Waals surface area contributed by atoms with Crippen molar-refractivity contribution in [2.45, 2.75) is 12.7 Å². The van der Waals surface area contributed by atoms with Crippen molar-refractivity contribution in [1.82, 2.24) is 0 Å². The molecule has 0 amide bonds. The molecule has 1 fully saturated rings. The molecule has 0 aromatic rings. The lowest BCUT2D eigenvalue weighted by atomic mass is 10.2. The number of carbonyl (C=O) groups excluding carboxylic acids is 1. The topological polar surface area (TPSA) is 79.4 Å². The van der Waals surface area contributed by atoms with E-state index in [-0.39, 0.29) is 0 Å². The van der Waals surface area contributed by atoms with Crippen LogP contribution in [0.5, 0.6) is 0 Å². The summed E-state index contributed by atoms with van der Waals surface area (Å²) in [7, 11) is 0. The summed E-state index contributed by atoms with van der Waals surface area (Å²) in [6, 6.07) is 0. The van der Waals surface area contributed by atoms with E-state index in [0.717, 1.165) is 6.92 Å².